The zero-order chi connectivity index (χ0) is 14.8. The molecule has 1 atom stereocenters. The Morgan fingerprint density at radius 2 is 2.05 bits per heavy atom. The molecule has 0 spiro atoms. The summed E-state index contributed by atoms with van der Waals surface area (Å²) in [6.07, 6.45) is 3.18. The molecule has 2 aliphatic rings. The minimum Gasteiger partial charge on any atom is -0.338 e. The molecule has 2 aliphatic heterocycles. The van der Waals surface area contributed by atoms with E-state index in [4.69, 9.17) is 0 Å². The second kappa shape index (κ2) is 5.85. The first-order valence-electron chi connectivity index (χ1n) is 7.49. The quantitative estimate of drug-likeness (QED) is 0.787. The Labute approximate surface area is 123 Å². The Hall–Kier alpha value is -1.89. The van der Waals surface area contributed by atoms with Crippen LogP contribution in [-0.4, -0.2) is 70.6 Å². The van der Waals surface area contributed by atoms with E-state index in [-0.39, 0.29) is 17.9 Å². The summed E-state index contributed by atoms with van der Waals surface area (Å²) < 4.78 is 0. The van der Waals surface area contributed by atoms with Crippen LogP contribution in [0.3, 0.4) is 0 Å². The van der Waals surface area contributed by atoms with Crippen LogP contribution in [0.1, 0.15) is 28.9 Å². The lowest BCUT2D eigenvalue weighted by Crippen LogP contribution is -2.53. The van der Waals surface area contributed by atoms with E-state index in [0.29, 0.717) is 12.1 Å². The van der Waals surface area contributed by atoms with Gasteiger partial charge < -0.3 is 15.1 Å². The van der Waals surface area contributed by atoms with Crippen molar-refractivity contribution >= 4 is 11.8 Å². The predicted molar refractivity (Wildman–Crippen MR) is 76.8 cm³/mol. The zero-order valence-corrected chi connectivity index (χ0v) is 12.3. The van der Waals surface area contributed by atoms with Gasteiger partial charge in [-0.05, 0) is 19.8 Å². The standard InChI is InChI=1S/C14H21N5O2/c1-10-11(9-16-17-10)13(20)19-6-2-3-12(19)14(21)18-7-4-15-5-8-18/h9,12,15H,2-8H2,1H3,(H,16,17). The summed E-state index contributed by atoms with van der Waals surface area (Å²) in [5.41, 5.74) is 1.32. The molecule has 21 heavy (non-hydrogen) atoms. The number of likely N-dealkylation sites (tertiary alicyclic amines) is 1. The van der Waals surface area contributed by atoms with Crippen LogP contribution < -0.4 is 5.32 Å². The molecule has 2 fully saturated rings. The van der Waals surface area contributed by atoms with Gasteiger partial charge in [-0.1, -0.05) is 0 Å². The molecule has 1 aromatic heterocycles. The van der Waals surface area contributed by atoms with E-state index in [1.54, 1.807) is 11.1 Å². The van der Waals surface area contributed by atoms with Crippen LogP contribution in [0.15, 0.2) is 6.20 Å². The van der Waals surface area contributed by atoms with Gasteiger partial charge in [-0.2, -0.15) is 5.10 Å². The summed E-state index contributed by atoms with van der Waals surface area (Å²) in [5.74, 6) is -0.00395. The van der Waals surface area contributed by atoms with E-state index in [0.717, 1.165) is 44.7 Å². The maximum Gasteiger partial charge on any atom is 0.257 e. The fourth-order valence-electron chi connectivity index (χ4n) is 3.08. The minimum atomic E-state index is -0.315. The predicted octanol–water partition coefficient (Wildman–Crippen LogP) is -0.245. The number of hydrogen-bond acceptors (Lipinski definition) is 4. The molecule has 2 amide bonds. The van der Waals surface area contributed by atoms with Gasteiger partial charge in [-0.25, -0.2) is 0 Å². The Morgan fingerprint density at radius 3 is 2.71 bits per heavy atom. The van der Waals surface area contributed by atoms with Crippen molar-refractivity contribution in [1.29, 1.82) is 0 Å². The van der Waals surface area contributed by atoms with Crippen LogP contribution >= 0.6 is 0 Å². The maximum absolute atomic E-state index is 12.7. The van der Waals surface area contributed by atoms with Crippen molar-refractivity contribution in [3.05, 3.63) is 17.5 Å². The first-order chi connectivity index (χ1) is 10.2. The van der Waals surface area contributed by atoms with Crippen molar-refractivity contribution in [2.45, 2.75) is 25.8 Å². The third-order valence-corrected chi connectivity index (χ3v) is 4.29. The van der Waals surface area contributed by atoms with Crippen LogP contribution in [0.2, 0.25) is 0 Å². The van der Waals surface area contributed by atoms with E-state index in [1.165, 1.54) is 0 Å². The first-order valence-corrected chi connectivity index (χ1v) is 7.49. The molecule has 1 unspecified atom stereocenters. The molecule has 0 aliphatic carbocycles. The van der Waals surface area contributed by atoms with E-state index in [1.807, 2.05) is 11.8 Å². The highest BCUT2D eigenvalue weighted by molar-refractivity contribution is 5.98. The number of aromatic nitrogens is 2. The lowest BCUT2D eigenvalue weighted by atomic mass is 10.1. The van der Waals surface area contributed by atoms with Crippen molar-refractivity contribution in [1.82, 2.24) is 25.3 Å². The lowest BCUT2D eigenvalue weighted by molar-refractivity contribution is -0.135. The fourth-order valence-corrected chi connectivity index (χ4v) is 3.08. The number of piperazine rings is 1. The van der Waals surface area contributed by atoms with E-state index in [2.05, 4.69) is 15.5 Å². The van der Waals surface area contributed by atoms with Gasteiger partial charge in [0.05, 0.1) is 11.8 Å². The highest BCUT2D eigenvalue weighted by Gasteiger charge is 2.37. The normalized spacial score (nSPS) is 22.6. The molecule has 0 saturated carbocycles. The number of rotatable bonds is 2. The van der Waals surface area contributed by atoms with Crippen molar-refractivity contribution < 1.29 is 9.59 Å². The highest BCUT2D eigenvalue weighted by atomic mass is 16.2. The molecule has 3 rings (SSSR count). The van der Waals surface area contributed by atoms with Gasteiger partial charge in [0.25, 0.3) is 5.91 Å². The summed E-state index contributed by atoms with van der Waals surface area (Å²) >= 11 is 0. The molecule has 7 heteroatoms. The van der Waals surface area contributed by atoms with Gasteiger partial charge in [-0.15, -0.1) is 0 Å². The smallest absolute Gasteiger partial charge is 0.257 e. The SMILES string of the molecule is Cc1[nH]ncc1C(=O)N1CCCC1C(=O)N1CCNCC1. The number of nitrogens with zero attached hydrogens (tertiary/aromatic N) is 3. The third kappa shape index (κ3) is 2.65. The Morgan fingerprint density at radius 1 is 1.29 bits per heavy atom. The Bertz CT molecular complexity index is 535. The van der Waals surface area contributed by atoms with Crippen LogP contribution in [0.5, 0.6) is 0 Å². The summed E-state index contributed by atoms with van der Waals surface area (Å²) in [6.45, 7) is 5.57. The van der Waals surface area contributed by atoms with Gasteiger partial charge in [-0.3, -0.25) is 14.7 Å². The van der Waals surface area contributed by atoms with Crippen molar-refractivity contribution in [3.63, 3.8) is 0 Å². The second-order valence-electron chi connectivity index (χ2n) is 5.64. The number of aromatic amines is 1. The Kier molecular flexibility index (Phi) is 3.92. The molecule has 2 N–H and O–H groups in total. The summed E-state index contributed by atoms with van der Waals surface area (Å²) in [6, 6.07) is -0.315. The average molecular weight is 291 g/mol. The first kappa shape index (κ1) is 14.1. The summed E-state index contributed by atoms with van der Waals surface area (Å²) in [4.78, 5) is 28.8. The molecule has 3 heterocycles. The third-order valence-electron chi connectivity index (χ3n) is 4.29. The van der Waals surface area contributed by atoms with Gasteiger partial charge in [0.15, 0.2) is 0 Å². The van der Waals surface area contributed by atoms with Crippen LogP contribution in [0.25, 0.3) is 0 Å². The zero-order valence-electron chi connectivity index (χ0n) is 12.3. The van der Waals surface area contributed by atoms with Crippen LogP contribution in [0, 0.1) is 6.92 Å². The van der Waals surface area contributed by atoms with Gasteiger partial charge >= 0.3 is 0 Å². The van der Waals surface area contributed by atoms with Crippen molar-refractivity contribution in [2.24, 2.45) is 0 Å². The monoisotopic (exact) mass is 291 g/mol. The second-order valence-corrected chi connectivity index (χ2v) is 5.64. The van der Waals surface area contributed by atoms with Crippen molar-refractivity contribution in [3.8, 4) is 0 Å². The number of carbonyl (C=O) groups is 2. The topological polar surface area (TPSA) is 81.3 Å². The molecule has 1 aromatic rings. The van der Waals surface area contributed by atoms with Gasteiger partial charge in [0, 0.05) is 38.4 Å². The van der Waals surface area contributed by atoms with E-state index >= 15 is 0 Å². The Balaban J connectivity index is 1.74. The number of amides is 2. The minimum absolute atomic E-state index is 0.0866. The van der Waals surface area contributed by atoms with Crippen LogP contribution in [-0.2, 0) is 4.79 Å². The van der Waals surface area contributed by atoms with Gasteiger partial charge in [0.1, 0.15) is 6.04 Å². The number of H-pyrrole nitrogens is 1. The molecule has 0 radical (unpaired) electrons. The summed E-state index contributed by atoms with van der Waals surface area (Å²) in [7, 11) is 0. The lowest BCUT2D eigenvalue weighted by Gasteiger charge is -2.32. The molecule has 0 bridgehead atoms. The van der Waals surface area contributed by atoms with Gasteiger partial charge in [0.2, 0.25) is 5.91 Å². The molecular weight excluding hydrogens is 270 g/mol. The number of aryl methyl sites for hydroxylation is 1. The highest BCUT2D eigenvalue weighted by Crippen LogP contribution is 2.22. The molecule has 114 valence electrons. The number of carbonyl (C=O) groups excluding carboxylic acids is 2. The molecular formula is C14H21N5O2. The van der Waals surface area contributed by atoms with Crippen LogP contribution in [0.4, 0.5) is 0 Å². The van der Waals surface area contributed by atoms with E-state index in [9.17, 15) is 9.59 Å². The number of hydrogen-bond donors (Lipinski definition) is 2. The average Bonchev–Trinajstić information content (AvgIpc) is 3.15. The fraction of sp³-hybridized carbons (Fsp3) is 0.643. The van der Waals surface area contributed by atoms with Crippen molar-refractivity contribution in [2.75, 3.05) is 32.7 Å². The molecule has 0 aromatic carbocycles. The largest absolute Gasteiger partial charge is 0.338 e. The van der Waals surface area contributed by atoms with E-state index < -0.39 is 0 Å². The summed E-state index contributed by atoms with van der Waals surface area (Å²) in [5, 5.41) is 9.91. The molecule has 2 saturated heterocycles. The number of nitrogens with one attached hydrogen (secondary N) is 2. The molecule has 7 nitrogen and oxygen atoms in total. The maximum atomic E-state index is 12.7.